The largest absolute Gasteiger partial charge is 0.388 e. The lowest BCUT2D eigenvalue weighted by Gasteiger charge is -2.10. The van der Waals surface area contributed by atoms with E-state index < -0.39 is 0 Å². The zero-order valence-electron chi connectivity index (χ0n) is 7.52. The summed E-state index contributed by atoms with van der Waals surface area (Å²) in [6.07, 6.45) is 3.94. The van der Waals surface area contributed by atoms with Crippen LogP contribution in [0, 0.1) is 17.8 Å². The number of hydrogen-bond acceptors (Lipinski definition) is 2. The molecule has 1 aromatic rings. The van der Waals surface area contributed by atoms with Gasteiger partial charge in [0.1, 0.15) is 0 Å². The molecule has 2 aliphatic rings. The Morgan fingerprint density at radius 1 is 1.38 bits per heavy atom. The molecule has 2 aliphatic carbocycles. The van der Waals surface area contributed by atoms with Gasteiger partial charge in [-0.05, 0) is 53.0 Å². The molecular weight excluding hydrogens is 180 g/mol. The van der Waals surface area contributed by atoms with Crippen LogP contribution < -0.4 is 0 Å². The topological polar surface area (TPSA) is 20.2 Å². The maximum Gasteiger partial charge on any atom is 0.0831 e. The first kappa shape index (κ1) is 8.01. The fourth-order valence-corrected chi connectivity index (χ4v) is 3.70. The molecule has 0 spiro atoms. The zero-order valence-corrected chi connectivity index (χ0v) is 8.33. The number of rotatable bonds is 2. The number of aliphatic hydroxyl groups is 1. The van der Waals surface area contributed by atoms with Crippen LogP contribution in [0.15, 0.2) is 16.8 Å². The van der Waals surface area contributed by atoms with Gasteiger partial charge in [-0.3, -0.25) is 0 Å². The van der Waals surface area contributed by atoms with Crippen molar-refractivity contribution in [1.29, 1.82) is 0 Å². The van der Waals surface area contributed by atoms with Gasteiger partial charge in [0.2, 0.25) is 0 Å². The van der Waals surface area contributed by atoms with Gasteiger partial charge in [-0.2, -0.15) is 11.3 Å². The van der Waals surface area contributed by atoms with Crippen molar-refractivity contribution in [3.63, 3.8) is 0 Å². The van der Waals surface area contributed by atoms with Crippen LogP contribution in [0.3, 0.4) is 0 Å². The highest BCUT2D eigenvalue weighted by molar-refractivity contribution is 7.07. The quantitative estimate of drug-likeness (QED) is 0.767. The predicted octanol–water partition coefficient (Wildman–Crippen LogP) is 2.83. The molecule has 1 heterocycles. The van der Waals surface area contributed by atoms with Crippen LogP contribution in [0.2, 0.25) is 0 Å². The normalized spacial score (nSPS) is 38.7. The number of fused-ring (bicyclic) bond motifs is 1. The van der Waals surface area contributed by atoms with E-state index in [1.165, 1.54) is 19.3 Å². The van der Waals surface area contributed by atoms with Crippen LogP contribution >= 0.6 is 11.3 Å². The van der Waals surface area contributed by atoms with Gasteiger partial charge in [0.05, 0.1) is 6.10 Å². The summed E-state index contributed by atoms with van der Waals surface area (Å²) in [6.45, 7) is 0. The average Bonchev–Trinajstić information content (AvgIpc) is 2.68. The van der Waals surface area contributed by atoms with Gasteiger partial charge in [0.25, 0.3) is 0 Å². The highest BCUT2D eigenvalue weighted by atomic mass is 32.1. The van der Waals surface area contributed by atoms with E-state index in [1.807, 2.05) is 0 Å². The summed E-state index contributed by atoms with van der Waals surface area (Å²) >= 11 is 1.68. The van der Waals surface area contributed by atoms with Crippen molar-refractivity contribution in [2.24, 2.45) is 17.8 Å². The van der Waals surface area contributed by atoms with E-state index in [0.717, 1.165) is 17.4 Å². The van der Waals surface area contributed by atoms with E-state index in [1.54, 1.807) is 11.3 Å². The van der Waals surface area contributed by atoms with E-state index in [-0.39, 0.29) is 6.10 Å². The van der Waals surface area contributed by atoms with E-state index in [9.17, 15) is 5.11 Å². The van der Waals surface area contributed by atoms with Crippen molar-refractivity contribution >= 4 is 11.3 Å². The summed E-state index contributed by atoms with van der Waals surface area (Å²) in [5.74, 6) is 2.31. The third kappa shape index (κ3) is 1.16. The first-order valence-corrected chi connectivity index (χ1v) is 6.02. The maximum absolute atomic E-state index is 10.1. The second kappa shape index (κ2) is 2.82. The molecule has 3 unspecified atom stereocenters. The molecule has 0 aromatic carbocycles. The van der Waals surface area contributed by atoms with Crippen molar-refractivity contribution in [1.82, 2.24) is 0 Å². The second-order valence-corrected chi connectivity index (χ2v) is 5.12. The van der Waals surface area contributed by atoms with Crippen LogP contribution in [-0.2, 0) is 0 Å². The molecule has 1 N–H and O–H groups in total. The number of thiophene rings is 1. The fourth-order valence-electron chi connectivity index (χ4n) is 3.01. The molecule has 2 fully saturated rings. The summed E-state index contributed by atoms with van der Waals surface area (Å²) in [7, 11) is 0. The van der Waals surface area contributed by atoms with Crippen LogP contribution in [0.4, 0.5) is 0 Å². The van der Waals surface area contributed by atoms with E-state index >= 15 is 0 Å². The van der Waals surface area contributed by atoms with Gasteiger partial charge in [-0.1, -0.05) is 6.42 Å². The first-order valence-electron chi connectivity index (χ1n) is 5.08. The Balaban J connectivity index is 1.74. The number of aliphatic hydroxyl groups excluding tert-OH is 1. The first-order chi connectivity index (χ1) is 6.38. The Morgan fingerprint density at radius 3 is 2.77 bits per heavy atom. The van der Waals surface area contributed by atoms with Gasteiger partial charge in [-0.15, -0.1) is 0 Å². The Morgan fingerprint density at radius 2 is 2.15 bits per heavy atom. The minimum atomic E-state index is -0.165. The van der Waals surface area contributed by atoms with E-state index in [4.69, 9.17) is 0 Å². The molecular formula is C11H14OS. The predicted molar refractivity (Wildman–Crippen MR) is 53.6 cm³/mol. The van der Waals surface area contributed by atoms with Gasteiger partial charge in [-0.25, -0.2) is 0 Å². The molecule has 1 nitrogen and oxygen atoms in total. The highest BCUT2D eigenvalue weighted by Crippen LogP contribution is 2.62. The molecule has 0 bridgehead atoms. The Bertz CT molecular complexity index is 283. The molecule has 70 valence electrons. The summed E-state index contributed by atoms with van der Waals surface area (Å²) in [5.41, 5.74) is 1.14. The SMILES string of the molecule is OC(c1ccsc1)C1C2CCCC21. The van der Waals surface area contributed by atoms with Crippen molar-refractivity contribution in [3.05, 3.63) is 22.4 Å². The summed E-state index contributed by atoms with van der Waals surface area (Å²) in [4.78, 5) is 0. The van der Waals surface area contributed by atoms with Gasteiger partial charge in [0.15, 0.2) is 0 Å². The van der Waals surface area contributed by atoms with Crippen LogP contribution in [0.1, 0.15) is 30.9 Å². The van der Waals surface area contributed by atoms with Crippen molar-refractivity contribution in [2.45, 2.75) is 25.4 Å². The van der Waals surface area contributed by atoms with Crippen molar-refractivity contribution < 1.29 is 5.11 Å². The van der Waals surface area contributed by atoms with E-state index in [2.05, 4.69) is 16.8 Å². The summed E-state index contributed by atoms with van der Waals surface area (Å²) in [6, 6.07) is 2.06. The smallest absolute Gasteiger partial charge is 0.0831 e. The molecule has 0 aliphatic heterocycles. The third-order valence-corrected chi connectivity index (χ3v) is 4.42. The van der Waals surface area contributed by atoms with Crippen LogP contribution in [0.5, 0.6) is 0 Å². The average molecular weight is 194 g/mol. The molecule has 3 rings (SSSR count). The molecule has 2 heteroatoms. The molecule has 3 atom stereocenters. The Labute approximate surface area is 82.4 Å². The maximum atomic E-state index is 10.1. The van der Waals surface area contributed by atoms with Gasteiger partial charge >= 0.3 is 0 Å². The standard InChI is InChI=1S/C11H14OS/c12-11(7-4-5-13-6-7)10-8-2-1-3-9(8)10/h4-6,8-12H,1-3H2. The van der Waals surface area contributed by atoms with Crippen LogP contribution in [0.25, 0.3) is 0 Å². The summed E-state index contributed by atoms with van der Waals surface area (Å²) in [5, 5.41) is 14.2. The molecule has 0 radical (unpaired) electrons. The summed E-state index contributed by atoms with van der Waals surface area (Å²) < 4.78 is 0. The fraction of sp³-hybridized carbons (Fsp3) is 0.636. The number of hydrogen-bond donors (Lipinski definition) is 1. The van der Waals surface area contributed by atoms with E-state index in [0.29, 0.717) is 5.92 Å². The monoisotopic (exact) mass is 194 g/mol. The van der Waals surface area contributed by atoms with Crippen molar-refractivity contribution in [3.8, 4) is 0 Å². The van der Waals surface area contributed by atoms with Crippen molar-refractivity contribution in [2.75, 3.05) is 0 Å². The minimum Gasteiger partial charge on any atom is -0.388 e. The lowest BCUT2D eigenvalue weighted by atomic mass is 10.0. The molecule has 13 heavy (non-hydrogen) atoms. The molecule has 0 saturated heterocycles. The van der Waals surface area contributed by atoms with Gasteiger partial charge in [0, 0.05) is 0 Å². The Hall–Kier alpha value is -0.340. The zero-order chi connectivity index (χ0) is 8.84. The molecule has 1 aromatic heterocycles. The minimum absolute atomic E-state index is 0.165. The Kier molecular flexibility index (Phi) is 1.74. The lowest BCUT2D eigenvalue weighted by molar-refractivity contribution is 0.137. The van der Waals surface area contributed by atoms with Crippen LogP contribution in [-0.4, -0.2) is 5.11 Å². The highest BCUT2D eigenvalue weighted by Gasteiger charge is 2.55. The third-order valence-electron chi connectivity index (χ3n) is 3.72. The lowest BCUT2D eigenvalue weighted by Crippen LogP contribution is -2.02. The van der Waals surface area contributed by atoms with Gasteiger partial charge < -0.3 is 5.11 Å². The molecule has 2 saturated carbocycles. The second-order valence-electron chi connectivity index (χ2n) is 4.34. The molecule has 0 amide bonds.